The number of pyridine rings is 1. The smallest absolute Gasteiger partial charge is 0.497 e. The van der Waals surface area contributed by atoms with Crippen LogP contribution in [0.15, 0.2) is 91.0 Å². The molecule has 2 aliphatic carbocycles. The highest BCUT2D eigenvalue weighted by Gasteiger charge is 2.63. The molecule has 4 aromatic rings. The predicted molar refractivity (Wildman–Crippen MR) is 225 cm³/mol. The first-order valence-electron chi connectivity index (χ1n) is 20.8. The van der Waals surface area contributed by atoms with Gasteiger partial charge in [0.25, 0.3) is 5.91 Å². The van der Waals surface area contributed by atoms with Crippen LogP contribution in [-0.2, 0) is 24.4 Å². The van der Waals surface area contributed by atoms with Crippen LogP contribution < -0.4 is 29.6 Å². The lowest BCUT2D eigenvalue weighted by Crippen LogP contribution is -2.58. The van der Waals surface area contributed by atoms with Gasteiger partial charge >= 0.3 is 6.36 Å². The van der Waals surface area contributed by atoms with Crippen LogP contribution in [0.1, 0.15) is 64.7 Å². The number of benzene rings is 3. The summed E-state index contributed by atoms with van der Waals surface area (Å²) in [5.74, 6) is -1.96. The average molecular weight is 876 g/mol. The van der Waals surface area contributed by atoms with Gasteiger partial charge in [-0.05, 0) is 69.7 Å². The minimum absolute atomic E-state index is 0.00554. The number of anilines is 1. The van der Waals surface area contributed by atoms with Crippen molar-refractivity contribution in [2.75, 3.05) is 19.0 Å². The number of rotatable bonds is 10. The topological polar surface area (TPSA) is 165 Å². The molecule has 2 aliphatic heterocycles. The van der Waals surface area contributed by atoms with Crippen LogP contribution in [0.2, 0.25) is 0 Å². The number of amides is 3. The van der Waals surface area contributed by atoms with Gasteiger partial charge in [-0.2, -0.15) is 0 Å². The molecular weight excluding hydrogens is 828 g/mol. The van der Waals surface area contributed by atoms with Gasteiger partial charge in [-0.25, -0.2) is 13.4 Å². The number of methoxy groups -OCH3 is 1. The molecule has 17 heteroatoms. The molecule has 328 valence electrons. The quantitative estimate of drug-likeness (QED) is 0.141. The third-order valence-electron chi connectivity index (χ3n) is 12.2. The van der Waals surface area contributed by atoms with Crippen LogP contribution in [0.5, 0.6) is 17.2 Å². The van der Waals surface area contributed by atoms with E-state index in [-0.39, 0.29) is 31.5 Å². The number of sulfonamides is 1. The number of hydrogen-bond acceptors (Lipinski definition) is 10. The summed E-state index contributed by atoms with van der Waals surface area (Å²) in [7, 11) is -2.50. The molecule has 13 nitrogen and oxygen atoms in total. The Morgan fingerprint density at radius 1 is 0.968 bits per heavy atom. The van der Waals surface area contributed by atoms with Crippen molar-refractivity contribution in [3.05, 3.63) is 91.0 Å². The molecule has 3 heterocycles. The van der Waals surface area contributed by atoms with Gasteiger partial charge in [0.1, 0.15) is 41.0 Å². The van der Waals surface area contributed by atoms with Gasteiger partial charge in [0.05, 0.1) is 29.6 Å². The number of ether oxygens (including phenoxy) is 3. The Bertz CT molecular complexity index is 2500. The van der Waals surface area contributed by atoms with Gasteiger partial charge in [-0.3, -0.25) is 19.1 Å². The Morgan fingerprint density at radius 3 is 2.50 bits per heavy atom. The van der Waals surface area contributed by atoms with Crippen LogP contribution in [0.3, 0.4) is 0 Å². The zero-order valence-electron chi connectivity index (χ0n) is 34.2. The largest absolute Gasteiger partial charge is 0.573 e. The van der Waals surface area contributed by atoms with E-state index in [1.54, 1.807) is 32.2 Å². The summed E-state index contributed by atoms with van der Waals surface area (Å²) < 4.78 is 83.5. The minimum atomic E-state index is -4.93. The molecule has 62 heavy (non-hydrogen) atoms. The third-order valence-corrected chi connectivity index (χ3v) is 14.4. The van der Waals surface area contributed by atoms with Crippen molar-refractivity contribution in [2.24, 2.45) is 5.92 Å². The Labute approximate surface area is 357 Å². The number of aromatic nitrogens is 1. The van der Waals surface area contributed by atoms with Crippen LogP contribution in [0.4, 0.5) is 18.9 Å². The van der Waals surface area contributed by atoms with Crippen molar-refractivity contribution >= 4 is 44.3 Å². The maximum absolute atomic E-state index is 14.9. The van der Waals surface area contributed by atoms with Crippen molar-refractivity contribution in [1.29, 1.82) is 0 Å². The van der Waals surface area contributed by atoms with E-state index in [2.05, 4.69) is 20.1 Å². The highest BCUT2D eigenvalue weighted by molar-refractivity contribution is 7.91. The number of hydrogen-bond donors (Lipinski definition) is 3. The molecule has 0 unspecified atom stereocenters. The SMILES string of the molecule is COc1ccc2c(O[C@@H]3C[C@H]4C(=O)N[C@]5(C(=O)NS(=O)(=O)C6(C)CC6)C[C@H]5/C=C\CCCCC[C@H](Nc5cccc(OC(F)(F)F)c5)C(=O)N4C3)cc(-c3ccccc3)nc2c1. The lowest BCUT2D eigenvalue weighted by atomic mass is 10.0. The van der Waals surface area contributed by atoms with Crippen LogP contribution in [-0.4, -0.2) is 84.5 Å². The fraction of sp³-hybridized carbons (Fsp3) is 0.422. The van der Waals surface area contributed by atoms with Crippen molar-refractivity contribution in [1.82, 2.24) is 19.9 Å². The second-order valence-electron chi connectivity index (χ2n) is 16.7. The van der Waals surface area contributed by atoms with E-state index in [1.807, 2.05) is 48.6 Å². The standard InChI is InChI=1S/C45H48F3N5O8S/c1-43(20-21-43)62(57,58)52-42(56)44-26-29(44)14-9-4-3-5-10-17-35(49-30-15-11-16-32(22-30)61-45(46,47)48)41(55)53-27-33(24-38(53)40(54)51-44)60-39-25-36(28-12-7-6-8-13-28)50-37-23-31(59-2)18-19-34(37)39/h6-9,11-16,18-19,22-23,25,29,33,35,38,49H,3-5,10,17,20-21,24,26-27H2,1-2H3,(H,51,54)(H,52,56)/b14-9-/t29-,33-,35+,38+,44-/m1/s1. The summed E-state index contributed by atoms with van der Waals surface area (Å²) in [5.41, 5.74) is 0.636. The van der Waals surface area contributed by atoms with Crippen LogP contribution >= 0.6 is 0 Å². The molecule has 3 amide bonds. The molecule has 5 atom stereocenters. The van der Waals surface area contributed by atoms with E-state index in [0.717, 1.165) is 24.1 Å². The number of carbonyl (C=O) groups excluding carboxylic acids is 3. The van der Waals surface area contributed by atoms with Gasteiger partial charge in [-0.1, -0.05) is 61.4 Å². The van der Waals surface area contributed by atoms with E-state index in [0.29, 0.717) is 60.2 Å². The second kappa shape index (κ2) is 16.8. The summed E-state index contributed by atoms with van der Waals surface area (Å²) in [4.78, 5) is 49.8. The molecule has 1 saturated heterocycles. The zero-order valence-corrected chi connectivity index (χ0v) is 35.1. The lowest BCUT2D eigenvalue weighted by Gasteiger charge is -2.30. The van der Waals surface area contributed by atoms with E-state index in [4.69, 9.17) is 14.5 Å². The molecule has 3 fully saturated rings. The van der Waals surface area contributed by atoms with Crippen molar-refractivity contribution in [3.63, 3.8) is 0 Å². The predicted octanol–water partition coefficient (Wildman–Crippen LogP) is 7.03. The van der Waals surface area contributed by atoms with E-state index >= 15 is 0 Å². The molecule has 4 aliphatic rings. The van der Waals surface area contributed by atoms with E-state index < -0.39 is 74.2 Å². The maximum atomic E-state index is 14.9. The Kier molecular flexibility index (Phi) is 11.6. The average Bonchev–Trinajstić information content (AvgIpc) is 4.12. The normalized spacial score (nSPS) is 25.5. The number of nitrogens with zero attached hydrogens (tertiary/aromatic N) is 2. The first-order chi connectivity index (χ1) is 29.6. The summed E-state index contributed by atoms with van der Waals surface area (Å²) in [6.07, 6.45) is 1.95. The first kappa shape index (κ1) is 42.8. The summed E-state index contributed by atoms with van der Waals surface area (Å²) in [6, 6.07) is 19.7. The fourth-order valence-electron chi connectivity index (χ4n) is 8.27. The van der Waals surface area contributed by atoms with Crippen molar-refractivity contribution in [3.8, 4) is 28.5 Å². The fourth-order valence-corrected chi connectivity index (χ4v) is 9.58. The highest BCUT2D eigenvalue weighted by atomic mass is 32.2. The van der Waals surface area contributed by atoms with E-state index in [1.165, 1.54) is 17.0 Å². The van der Waals surface area contributed by atoms with Crippen LogP contribution in [0, 0.1) is 5.92 Å². The summed E-state index contributed by atoms with van der Waals surface area (Å²) in [5, 5.41) is 6.66. The molecule has 2 saturated carbocycles. The van der Waals surface area contributed by atoms with Gasteiger partial charge in [0.15, 0.2) is 0 Å². The van der Waals surface area contributed by atoms with Gasteiger partial charge in [-0.15, -0.1) is 13.2 Å². The molecule has 8 rings (SSSR count). The van der Waals surface area contributed by atoms with Gasteiger partial charge in [0.2, 0.25) is 21.8 Å². The summed E-state index contributed by atoms with van der Waals surface area (Å²) in [6.45, 7) is 1.50. The lowest BCUT2D eigenvalue weighted by molar-refractivity contribution is -0.274. The number of halogens is 3. The van der Waals surface area contributed by atoms with E-state index in [9.17, 15) is 36.0 Å². The molecule has 3 N–H and O–H groups in total. The molecular formula is C45H48F3N5O8S. The number of allylic oxidation sites excluding steroid dienone is 1. The number of alkyl halides is 3. The molecule has 0 spiro atoms. The first-order valence-corrected chi connectivity index (χ1v) is 22.2. The maximum Gasteiger partial charge on any atom is 0.573 e. The van der Waals surface area contributed by atoms with Gasteiger partial charge in [0, 0.05) is 47.2 Å². The monoisotopic (exact) mass is 875 g/mol. The second-order valence-corrected chi connectivity index (χ2v) is 18.9. The molecule has 1 aromatic heterocycles. The number of carbonyl (C=O) groups is 3. The Balaban J connectivity index is 1.14. The minimum Gasteiger partial charge on any atom is -0.497 e. The van der Waals surface area contributed by atoms with Crippen LogP contribution in [0.25, 0.3) is 22.2 Å². The third kappa shape index (κ3) is 9.17. The number of fused-ring (bicyclic) bond motifs is 3. The van der Waals surface area contributed by atoms with Crippen molar-refractivity contribution in [2.45, 2.75) is 99.5 Å². The Hall–Kier alpha value is -5.84. The number of nitrogens with one attached hydrogen (secondary N) is 3. The zero-order chi connectivity index (χ0) is 43.9. The van der Waals surface area contributed by atoms with Gasteiger partial charge < -0.3 is 29.7 Å². The van der Waals surface area contributed by atoms with Crippen molar-refractivity contribution < 1.29 is 50.2 Å². The molecule has 0 bridgehead atoms. The molecule has 3 aromatic carbocycles. The Morgan fingerprint density at radius 2 is 1.76 bits per heavy atom. The highest BCUT2D eigenvalue weighted by Crippen LogP contribution is 2.48. The molecule has 0 radical (unpaired) electrons. The summed E-state index contributed by atoms with van der Waals surface area (Å²) >= 11 is 0.